The quantitative estimate of drug-likeness (QED) is 0.0263. The molecule has 0 aliphatic carbocycles. The highest BCUT2D eigenvalue weighted by Gasteiger charge is 2.48. The zero-order chi connectivity index (χ0) is 50.9. The molecule has 2 aliphatic rings. The maximum atomic E-state index is 13.5. The van der Waals surface area contributed by atoms with Crippen molar-refractivity contribution in [1.82, 2.24) is 0 Å². The van der Waals surface area contributed by atoms with E-state index in [1.54, 1.807) is 12.2 Å². The maximum absolute atomic E-state index is 13.5. The third-order valence-corrected chi connectivity index (χ3v) is 12.2. The van der Waals surface area contributed by atoms with Crippen LogP contribution in [0.5, 0.6) is 0 Å². The summed E-state index contributed by atoms with van der Waals surface area (Å²) in [6.45, 7) is 2.60. The fourth-order valence-corrected chi connectivity index (χ4v) is 8.21. The van der Waals surface area contributed by atoms with Crippen molar-refractivity contribution in [2.45, 2.75) is 190 Å². The second kappa shape index (κ2) is 36.5. The Kier molecular flexibility index (Phi) is 32.7. The fourth-order valence-electron chi connectivity index (χ4n) is 7.24. The third kappa shape index (κ3) is 27.1. The molecule has 2 aliphatic heterocycles. The summed E-state index contributed by atoms with van der Waals surface area (Å²) in [5.41, 5.74) is 0. The summed E-state index contributed by atoms with van der Waals surface area (Å²) < 4.78 is 40.2. The first-order chi connectivity index (χ1) is 33.1. The van der Waals surface area contributed by atoms with Crippen LogP contribution in [0.2, 0.25) is 0 Å². The molecule has 18 heteroatoms. The van der Waals surface area contributed by atoms with Crippen LogP contribution >= 0.6 is 7.82 Å². The van der Waals surface area contributed by atoms with Crippen LogP contribution in [0.25, 0.3) is 0 Å². The summed E-state index contributed by atoms with van der Waals surface area (Å²) >= 11 is 0. The Hall–Kier alpha value is -3.39. The molecule has 392 valence electrons. The van der Waals surface area contributed by atoms with Crippen LogP contribution in [0.15, 0.2) is 97.2 Å². The van der Waals surface area contributed by atoms with E-state index in [0.717, 1.165) is 51.0 Å². The number of hydrogen-bond acceptors (Lipinski definition) is 16. The number of allylic oxidation sites excluding steroid dienone is 14. The summed E-state index contributed by atoms with van der Waals surface area (Å²) in [5.74, 6) is -2.73. The fraction of sp³-hybridized carbons (Fsp3) is 0.647. The lowest BCUT2D eigenvalue weighted by Crippen LogP contribution is -2.58. The molecule has 0 saturated carbocycles. The van der Waals surface area contributed by atoms with Crippen LogP contribution in [0.1, 0.15) is 123 Å². The van der Waals surface area contributed by atoms with E-state index in [-0.39, 0.29) is 25.7 Å². The number of carbonyl (C=O) groups excluding carboxylic acids is 2. The lowest BCUT2D eigenvalue weighted by Gasteiger charge is -2.39. The zero-order valence-corrected chi connectivity index (χ0v) is 41.2. The number of rotatable bonds is 22. The molecule has 0 aromatic carbocycles. The van der Waals surface area contributed by atoms with Gasteiger partial charge in [0.2, 0.25) is 0 Å². The Morgan fingerprint density at radius 3 is 2.00 bits per heavy atom. The minimum Gasteiger partial charge on any atom is -0.462 e. The van der Waals surface area contributed by atoms with Crippen molar-refractivity contribution in [3.8, 4) is 0 Å². The lowest BCUT2D eigenvalue weighted by molar-refractivity contribution is -0.213. The molecule has 0 radical (unpaired) electrons. The van der Waals surface area contributed by atoms with Crippen LogP contribution < -0.4 is 0 Å². The first kappa shape index (κ1) is 61.7. The van der Waals surface area contributed by atoms with Gasteiger partial charge in [0.25, 0.3) is 0 Å². The summed E-state index contributed by atoms with van der Waals surface area (Å²) in [6, 6.07) is 0. The van der Waals surface area contributed by atoms with Crippen molar-refractivity contribution in [3.63, 3.8) is 0 Å². The molecule has 9 N–H and O–H groups in total. The number of phosphoric ester groups is 1. The largest absolute Gasteiger partial charge is 0.472 e. The van der Waals surface area contributed by atoms with E-state index < -0.39 is 113 Å². The second-order valence-corrected chi connectivity index (χ2v) is 18.5. The Labute approximate surface area is 408 Å². The van der Waals surface area contributed by atoms with Crippen LogP contribution in [0.4, 0.5) is 0 Å². The number of hydrogen-bond donors (Lipinski definition) is 9. The lowest BCUT2D eigenvalue weighted by atomic mass is 9.83. The Morgan fingerprint density at radius 2 is 1.39 bits per heavy atom. The van der Waals surface area contributed by atoms with Gasteiger partial charge in [-0.05, 0) is 70.6 Å². The predicted molar refractivity (Wildman–Crippen MR) is 261 cm³/mol. The Balaban J connectivity index is 2.14. The molecule has 69 heavy (non-hydrogen) atoms. The van der Waals surface area contributed by atoms with Gasteiger partial charge in [0.1, 0.15) is 43.2 Å². The van der Waals surface area contributed by atoms with Gasteiger partial charge in [0.15, 0.2) is 12.4 Å². The highest BCUT2D eigenvalue weighted by molar-refractivity contribution is 7.47. The first-order valence-electron chi connectivity index (χ1n) is 24.4. The summed E-state index contributed by atoms with van der Waals surface area (Å²) in [7, 11) is -5.49. The maximum Gasteiger partial charge on any atom is 0.472 e. The van der Waals surface area contributed by atoms with Crippen molar-refractivity contribution in [2.24, 2.45) is 5.92 Å². The van der Waals surface area contributed by atoms with Gasteiger partial charge < -0.3 is 60.0 Å². The second-order valence-electron chi connectivity index (χ2n) is 17.1. The van der Waals surface area contributed by atoms with E-state index in [0.29, 0.717) is 32.1 Å². The van der Waals surface area contributed by atoms with Gasteiger partial charge in [-0.25, -0.2) is 4.57 Å². The predicted octanol–water partition coefficient (Wildman–Crippen LogP) is 5.94. The van der Waals surface area contributed by atoms with E-state index in [9.17, 15) is 59.9 Å². The van der Waals surface area contributed by atoms with Crippen LogP contribution in [0, 0.1) is 5.92 Å². The SMILES string of the molecule is CC/C=C\C/C=C\C/C=C\C/C=C\C/C=C\C/C=C\CCC(=O)OC[C@@H]1COP(=O)(O)O[C@H]2[C@H](O)[C@@H](O)[C@H](O)[C@@H](C/C=C\CCCC(=O)O1)[C@@H](O)CC(O)O[C@H](C=C[C@@H](O)CCCCC)[C@@H](O)[C@H]2O. The van der Waals surface area contributed by atoms with Crippen molar-refractivity contribution in [3.05, 3.63) is 97.2 Å². The highest BCUT2D eigenvalue weighted by atomic mass is 31.2. The van der Waals surface area contributed by atoms with E-state index in [1.165, 1.54) is 6.08 Å². The highest BCUT2D eigenvalue weighted by Crippen LogP contribution is 2.47. The van der Waals surface area contributed by atoms with Gasteiger partial charge in [-0.2, -0.15) is 0 Å². The van der Waals surface area contributed by atoms with Gasteiger partial charge >= 0.3 is 19.8 Å². The van der Waals surface area contributed by atoms with E-state index >= 15 is 0 Å². The summed E-state index contributed by atoms with van der Waals surface area (Å²) in [6.07, 6.45) is 16.9. The molecule has 0 aromatic rings. The number of aliphatic hydroxyl groups is 8. The smallest absolute Gasteiger partial charge is 0.462 e. The molecule has 2 unspecified atom stereocenters. The molecule has 2 heterocycles. The van der Waals surface area contributed by atoms with Gasteiger partial charge in [-0.1, -0.05) is 130 Å². The number of esters is 2. The Morgan fingerprint density at radius 1 is 0.797 bits per heavy atom. The average molecular weight is 997 g/mol. The van der Waals surface area contributed by atoms with Crippen molar-refractivity contribution in [1.29, 1.82) is 0 Å². The van der Waals surface area contributed by atoms with E-state index in [4.69, 9.17) is 23.3 Å². The number of carbonyl (C=O) groups is 2. The standard InChI is InChI=1S/C51H81O17P/c1-3-5-7-8-9-10-11-12-13-14-15-16-17-18-19-20-21-22-27-31-43(54)64-36-39-37-65-69(62,63)68-51-49(60)47(58)42(34-33-38(52)29-25-6-4-2)67-45(56)35-41(53)40(46(57)48(59)50(51)61)30-26-23-24-28-32-44(55)66-39/h5,7,9-10,12-13,15-16,18-19,21-23,26,33-34,38-42,45-53,56-61H,3-4,6,8,11,14,17,20,24-25,27-32,35-37H2,1-2H3,(H,62,63)/b7-5-,10-9-,13-12-,16-15-,19-18-,22-21-,26-23-,34-33?/t38-,39+,40-,41-,42+,45?,46+,47+,48-,49+,50+,51+/m0/s1. The van der Waals surface area contributed by atoms with Gasteiger partial charge in [-0.3, -0.25) is 18.6 Å². The van der Waals surface area contributed by atoms with E-state index in [2.05, 4.69) is 55.5 Å². The molecule has 1 fully saturated rings. The molecule has 17 nitrogen and oxygen atoms in total. The van der Waals surface area contributed by atoms with Crippen LogP contribution in [-0.2, 0) is 37.4 Å². The molecule has 2 bridgehead atoms. The van der Waals surface area contributed by atoms with Crippen molar-refractivity contribution in [2.75, 3.05) is 13.2 Å². The molecular formula is C51H81O17P. The number of ether oxygens (including phenoxy) is 3. The van der Waals surface area contributed by atoms with E-state index in [1.807, 2.05) is 31.2 Å². The van der Waals surface area contributed by atoms with Gasteiger partial charge in [0.05, 0.1) is 24.9 Å². The number of aliphatic hydroxyl groups excluding tert-OH is 8. The summed E-state index contributed by atoms with van der Waals surface area (Å²) in [4.78, 5) is 36.4. The number of fused-ring (bicyclic) bond motifs is 4. The van der Waals surface area contributed by atoms with Crippen molar-refractivity contribution < 1.29 is 83.2 Å². The minimum atomic E-state index is -5.49. The normalized spacial score (nSPS) is 32.0. The average Bonchev–Trinajstić information content (AvgIpc) is 3.31. The van der Waals surface area contributed by atoms with Gasteiger partial charge in [-0.15, -0.1) is 0 Å². The van der Waals surface area contributed by atoms with Crippen LogP contribution in [0.3, 0.4) is 0 Å². The molecular weight excluding hydrogens is 916 g/mol. The third-order valence-electron chi connectivity index (χ3n) is 11.2. The molecule has 0 amide bonds. The minimum absolute atomic E-state index is 0.0295. The first-order valence-corrected chi connectivity index (χ1v) is 25.9. The molecule has 0 spiro atoms. The Bertz CT molecular complexity index is 1710. The number of cyclic esters (lactones) is 1. The topological polar surface area (TPSA) is 279 Å². The molecule has 13 atom stereocenters. The zero-order valence-electron chi connectivity index (χ0n) is 40.3. The summed E-state index contributed by atoms with van der Waals surface area (Å²) in [5, 5.41) is 89.2. The molecule has 1 saturated heterocycles. The molecule has 2 rings (SSSR count). The monoisotopic (exact) mass is 997 g/mol. The van der Waals surface area contributed by atoms with Crippen LogP contribution in [-0.4, -0.2) is 138 Å². The van der Waals surface area contributed by atoms with Gasteiger partial charge in [0, 0.05) is 25.2 Å². The number of unbranched alkanes of at least 4 members (excludes halogenated alkanes) is 2. The van der Waals surface area contributed by atoms with Crippen molar-refractivity contribution >= 4 is 19.8 Å². The molecule has 0 aromatic heterocycles. The number of phosphoric acid groups is 1.